The summed E-state index contributed by atoms with van der Waals surface area (Å²) in [5, 5.41) is 0. The fraction of sp³-hybridized carbons (Fsp3) is 0.667. The minimum Gasteiger partial charge on any atom is -0.497 e. The molecule has 144 valence electrons. The Morgan fingerprint density at radius 1 is 1.15 bits per heavy atom. The summed E-state index contributed by atoms with van der Waals surface area (Å²) in [6.45, 7) is 9.78. The predicted octanol–water partition coefficient (Wildman–Crippen LogP) is 2.57. The highest BCUT2D eigenvalue weighted by Gasteiger charge is 2.38. The number of ether oxygens (including phenoxy) is 1. The molecule has 0 atom stereocenters. The largest absolute Gasteiger partial charge is 0.497 e. The van der Waals surface area contributed by atoms with Crippen LogP contribution in [-0.2, 0) is 0 Å². The van der Waals surface area contributed by atoms with Gasteiger partial charge in [0.1, 0.15) is 5.75 Å². The van der Waals surface area contributed by atoms with Gasteiger partial charge in [-0.25, -0.2) is 0 Å². The Bertz CT molecular complexity index is 588. The second-order valence-electron chi connectivity index (χ2n) is 8.22. The van der Waals surface area contributed by atoms with Crippen LogP contribution in [0.2, 0.25) is 0 Å². The van der Waals surface area contributed by atoms with E-state index in [4.69, 9.17) is 4.74 Å². The van der Waals surface area contributed by atoms with E-state index in [0.717, 1.165) is 30.9 Å². The average Bonchev–Trinajstić information content (AvgIpc) is 2.60. The number of methoxy groups -OCH3 is 1. The molecule has 26 heavy (non-hydrogen) atoms. The van der Waals surface area contributed by atoms with Crippen LogP contribution in [0.5, 0.6) is 5.75 Å². The summed E-state index contributed by atoms with van der Waals surface area (Å²) in [7, 11) is 3.85. The second kappa shape index (κ2) is 8.40. The van der Waals surface area contributed by atoms with E-state index in [2.05, 4.69) is 30.7 Å². The van der Waals surface area contributed by atoms with E-state index in [1.165, 1.54) is 25.9 Å². The van der Waals surface area contributed by atoms with Gasteiger partial charge in [-0.2, -0.15) is 0 Å². The smallest absolute Gasteiger partial charge is 0.253 e. The molecule has 0 saturated carbocycles. The van der Waals surface area contributed by atoms with Gasteiger partial charge >= 0.3 is 0 Å². The van der Waals surface area contributed by atoms with Crippen LogP contribution < -0.4 is 4.74 Å². The van der Waals surface area contributed by atoms with Crippen LogP contribution >= 0.6 is 0 Å². The van der Waals surface area contributed by atoms with Gasteiger partial charge < -0.3 is 14.5 Å². The Labute approximate surface area is 157 Å². The number of rotatable bonds is 6. The van der Waals surface area contributed by atoms with E-state index in [-0.39, 0.29) is 5.91 Å². The number of hydrogen-bond donors (Lipinski definition) is 0. The van der Waals surface area contributed by atoms with Gasteiger partial charge in [0.15, 0.2) is 0 Å². The molecule has 0 bridgehead atoms. The molecule has 0 N–H and O–H groups in total. The minimum atomic E-state index is 0.136. The van der Waals surface area contributed by atoms with Crippen LogP contribution in [0.1, 0.15) is 37.0 Å². The normalized spacial score (nSPS) is 19.8. The molecular weight excluding hydrogens is 326 g/mol. The molecule has 1 aromatic carbocycles. The van der Waals surface area contributed by atoms with Crippen molar-refractivity contribution in [1.29, 1.82) is 0 Å². The van der Waals surface area contributed by atoms with E-state index >= 15 is 0 Å². The first-order valence-corrected chi connectivity index (χ1v) is 9.85. The zero-order chi connectivity index (χ0) is 18.7. The molecule has 0 aromatic heterocycles. The Kier molecular flexibility index (Phi) is 6.20. The lowest BCUT2D eigenvalue weighted by atomic mass is 9.96. The van der Waals surface area contributed by atoms with Gasteiger partial charge in [-0.05, 0) is 63.2 Å². The van der Waals surface area contributed by atoms with Crippen LogP contribution in [0.3, 0.4) is 0 Å². The lowest BCUT2D eigenvalue weighted by Crippen LogP contribution is -2.64. The molecule has 2 aliphatic heterocycles. The molecule has 1 aromatic rings. The van der Waals surface area contributed by atoms with Gasteiger partial charge in [0.25, 0.3) is 5.91 Å². The minimum absolute atomic E-state index is 0.136. The maximum atomic E-state index is 12.7. The van der Waals surface area contributed by atoms with Crippen molar-refractivity contribution in [3.8, 4) is 5.75 Å². The number of likely N-dealkylation sites (tertiary alicyclic amines) is 2. The third kappa shape index (κ3) is 4.38. The van der Waals surface area contributed by atoms with Gasteiger partial charge in [-0.3, -0.25) is 9.69 Å². The molecule has 0 radical (unpaired) electrons. The maximum absolute atomic E-state index is 12.7. The van der Waals surface area contributed by atoms with E-state index in [1.807, 2.05) is 29.2 Å². The van der Waals surface area contributed by atoms with E-state index < -0.39 is 0 Å². The summed E-state index contributed by atoms with van der Waals surface area (Å²) in [6.07, 6.45) is 2.48. The number of carbonyl (C=O) groups excluding carboxylic acids is 1. The van der Waals surface area contributed by atoms with Crippen LogP contribution in [-0.4, -0.2) is 79.6 Å². The summed E-state index contributed by atoms with van der Waals surface area (Å²) < 4.78 is 5.17. The Balaban J connectivity index is 1.58. The predicted molar refractivity (Wildman–Crippen MR) is 105 cm³/mol. The topological polar surface area (TPSA) is 36.0 Å². The Morgan fingerprint density at radius 3 is 2.31 bits per heavy atom. The van der Waals surface area contributed by atoms with Crippen molar-refractivity contribution in [1.82, 2.24) is 14.7 Å². The molecule has 5 heteroatoms. The molecule has 0 aliphatic carbocycles. The molecular formula is C21H33N3O2. The first-order valence-electron chi connectivity index (χ1n) is 9.85. The molecule has 1 amide bonds. The van der Waals surface area contributed by atoms with Crippen LogP contribution in [0, 0.1) is 5.92 Å². The van der Waals surface area contributed by atoms with Crippen molar-refractivity contribution in [3.05, 3.63) is 29.8 Å². The lowest BCUT2D eigenvalue weighted by molar-refractivity contribution is -0.00800. The Morgan fingerprint density at radius 2 is 1.77 bits per heavy atom. The van der Waals surface area contributed by atoms with Gasteiger partial charge in [0.05, 0.1) is 7.11 Å². The molecule has 2 heterocycles. The van der Waals surface area contributed by atoms with Crippen molar-refractivity contribution in [3.63, 3.8) is 0 Å². The summed E-state index contributed by atoms with van der Waals surface area (Å²) >= 11 is 0. The maximum Gasteiger partial charge on any atom is 0.253 e. The summed E-state index contributed by atoms with van der Waals surface area (Å²) in [6, 6.07) is 8.60. The third-order valence-electron chi connectivity index (χ3n) is 5.69. The van der Waals surface area contributed by atoms with Crippen LogP contribution in [0.25, 0.3) is 0 Å². The second-order valence-corrected chi connectivity index (χ2v) is 8.22. The van der Waals surface area contributed by atoms with Crippen molar-refractivity contribution in [2.75, 3.05) is 46.9 Å². The van der Waals surface area contributed by atoms with Crippen molar-refractivity contribution < 1.29 is 9.53 Å². The fourth-order valence-electron chi connectivity index (χ4n) is 4.09. The number of piperidine rings is 1. The highest BCUT2D eigenvalue weighted by molar-refractivity contribution is 5.94. The first kappa shape index (κ1) is 19.2. The number of nitrogens with zero attached hydrogens (tertiary/aromatic N) is 3. The molecule has 5 nitrogen and oxygen atoms in total. The third-order valence-corrected chi connectivity index (χ3v) is 5.69. The number of benzene rings is 1. The SMILES string of the molecule is COc1ccc(C(=O)N2CC(N(CC(C)C)C3CCN(C)CC3)C2)cc1. The van der Waals surface area contributed by atoms with Crippen LogP contribution in [0.15, 0.2) is 24.3 Å². The van der Waals surface area contributed by atoms with Crippen molar-refractivity contribution in [2.45, 2.75) is 38.8 Å². The summed E-state index contributed by atoms with van der Waals surface area (Å²) in [4.78, 5) is 19.8. The van der Waals surface area contributed by atoms with Gasteiger partial charge in [-0.15, -0.1) is 0 Å². The zero-order valence-electron chi connectivity index (χ0n) is 16.6. The van der Waals surface area contributed by atoms with Gasteiger partial charge in [-0.1, -0.05) is 13.8 Å². The van der Waals surface area contributed by atoms with Gasteiger partial charge in [0, 0.05) is 37.3 Å². The quantitative estimate of drug-likeness (QED) is 0.782. The first-order chi connectivity index (χ1) is 12.5. The number of amides is 1. The lowest BCUT2D eigenvalue weighted by Gasteiger charge is -2.50. The Hall–Kier alpha value is -1.59. The highest BCUT2D eigenvalue weighted by Crippen LogP contribution is 2.26. The zero-order valence-corrected chi connectivity index (χ0v) is 16.6. The average molecular weight is 360 g/mol. The summed E-state index contributed by atoms with van der Waals surface area (Å²) in [5.74, 6) is 1.58. The van der Waals surface area contributed by atoms with E-state index in [1.54, 1.807) is 7.11 Å². The standard InChI is InChI=1S/C21H33N3O2/c1-16(2)13-24(18-9-11-22(3)12-10-18)19-14-23(15-19)21(25)17-5-7-20(26-4)8-6-17/h5-8,16,18-19H,9-15H2,1-4H3. The van der Waals surface area contributed by atoms with E-state index in [0.29, 0.717) is 18.0 Å². The highest BCUT2D eigenvalue weighted by atomic mass is 16.5. The molecule has 2 aliphatic rings. The van der Waals surface area contributed by atoms with Crippen molar-refractivity contribution >= 4 is 5.91 Å². The van der Waals surface area contributed by atoms with Gasteiger partial charge in [0.2, 0.25) is 0 Å². The number of hydrogen-bond acceptors (Lipinski definition) is 4. The molecule has 0 spiro atoms. The molecule has 2 saturated heterocycles. The van der Waals surface area contributed by atoms with Crippen LogP contribution in [0.4, 0.5) is 0 Å². The number of carbonyl (C=O) groups is 1. The monoisotopic (exact) mass is 359 g/mol. The molecule has 2 fully saturated rings. The van der Waals surface area contributed by atoms with Crippen molar-refractivity contribution in [2.24, 2.45) is 5.92 Å². The molecule has 3 rings (SSSR count). The molecule has 0 unspecified atom stereocenters. The summed E-state index contributed by atoms with van der Waals surface area (Å²) in [5.41, 5.74) is 0.749. The fourth-order valence-corrected chi connectivity index (χ4v) is 4.09. The van der Waals surface area contributed by atoms with E-state index in [9.17, 15) is 4.79 Å².